The molecule has 0 bridgehead atoms. The molecule has 0 saturated carbocycles. The van der Waals surface area contributed by atoms with Crippen molar-refractivity contribution in [1.29, 1.82) is 0 Å². The number of nitrogens with one attached hydrogen (secondary N) is 1. The van der Waals surface area contributed by atoms with E-state index in [-0.39, 0.29) is 12.3 Å². The van der Waals surface area contributed by atoms with Crippen LogP contribution in [0.3, 0.4) is 0 Å². The maximum atomic E-state index is 10.6. The van der Waals surface area contributed by atoms with E-state index in [1.165, 1.54) is 0 Å². The van der Waals surface area contributed by atoms with E-state index in [4.69, 9.17) is 9.84 Å². The average Bonchev–Trinajstić information content (AvgIpc) is 2.69. The molecule has 0 aliphatic carbocycles. The number of rotatable bonds is 6. The van der Waals surface area contributed by atoms with Crippen molar-refractivity contribution in [2.45, 2.75) is 26.7 Å². The number of pyridine rings is 1. The summed E-state index contributed by atoms with van der Waals surface area (Å²) in [7, 11) is 0. The van der Waals surface area contributed by atoms with Gasteiger partial charge in [-0.2, -0.15) is 4.98 Å². The largest absolute Gasteiger partial charge is 0.481 e. The summed E-state index contributed by atoms with van der Waals surface area (Å²) in [6.07, 6.45) is 0.724. The van der Waals surface area contributed by atoms with E-state index in [0.717, 1.165) is 11.3 Å². The first-order valence-corrected chi connectivity index (χ1v) is 6.28. The number of imidazole rings is 1. The van der Waals surface area contributed by atoms with Gasteiger partial charge in [-0.05, 0) is 18.9 Å². The summed E-state index contributed by atoms with van der Waals surface area (Å²) in [5.41, 5.74) is 1.43. The maximum Gasteiger partial charge on any atom is 0.303 e. The molecule has 2 aromatic heterocycles. The van der Waals surface area contributed by atoms with Crippen molar-refractivity contribution in [2.75, 3.05) is 6.61 Å². The van der Waals surface area contributed by atoms with Crippen molar-refractivity contribution in [1.82, 2.24) is 15.0 Å². The molecule has 2 heterocycles. The number of aromatic nitrogens is 3. The summed E-state index contributed by atoms with van der Waals surface area (Å²) < 4.78 is 5.31. The van der Waals surface area contributed by atoms with Gasteiger partial charge in [-0.3, -0.25) is 4.79 Å². The normalized spacial score (nSPS) is 12.5. The Bertz CT molecular complexity index is 580. The smallest absolute Gasteiger partial charge is 0.303 e. The molecule has 0 spiro atoms. The van der Waals surface area contributed by atoms with Gasteiger partial charge in [0, 0.05) is 18.9 Å². The van der Waals surface area contributed by atoms with Crippen LogP contribution >= 0.6 is 0 Å². The molecular formula is C13H17N3O3. The lowest BCUT2D eigenvalue weighted by atomic mass is 10.0. The quantitative estimate of drug-likeness (QED) is 0.832. The van der Waals surface area contributed by atoms with E-state index < -0.39 is 5.97 Å². The minimum absolute atomic E-state index is 0.0319. The molecule has 1 atom stereocenters. The van der Waals surface area contributed by atoms with Crippen molar-refractivity contribution in [2.24, 2.45) is 5.92 Å². The fourth-order valence-corrected chi connectivity index (χ4v) is 1.95. The minimum Gasteiger partial charge on any atom is -0.481 e. The fourth-order valence-electron chi connectivity index (χ4n) is 1.95. The highest BCUT2D eigenvalue weighted by Gasteiger charge is 2.12. The minimum atomic E-state index is -0.791. The number of carboxylic acids is 1. The van der Waals surface area contributed by atoms with Crippen molar-refractivity contribution < 1.29 is 14.6 Å². The Hall–Kier alpha value is -2.11. The second kappa shape index (κ2) is 5.69. The SMILES string of the molecule is CCOc1ccc2[nH]c(CC(C)CC(=O)O)nc2n1. The highest BCUT2D eigenvalue weighted by Crippen LogP contribution is 2.17. The third kappa shape index (κ3) is 3.43. The summed E-state index contributed by atoms with van der Waals surface area (Å²) in [4.78, 5) is 22.4. The molecule has 6 nitrogen and oxygen atoms in total. The van der Waals surface area contributed by atoms with Gasteiger partial charge < -0.3 is 14.8 Å². The highest BCUT2D eigenvalue weighted by molar-refractivity contribution is 5.71. The Kier molecular flexibility index (Phi) is 3.99. The lowest BCUT2D eigenvalue weighted by molar-refractivity contribution is -0.137. The zero-order valence-electron chi connectivity index (χ0n) is 11.0. The van der Waals surface area contributed by atoms with Crippen LogP contribution in [0.5, 0.6) is 5.88 Å². The predicted octanol–water partition coefficient (Wildman–Crippen LogP) is 2.01. The molecule has 6 heteroatoms. The van der Waals surface area contributed by atoms with Crippen LogP contribution in [0.25, 0.3) is 11.2 Å². The first-order chi connectivity index (χ1) is 9.08. The second-order valence-corrected chi connectivity index (χ2v) is 4.54. The van der Waals surface area contributed by atoms with Crippen LogP contribution in [0, 0.1) is 5.92 Å². The number of carbonyl (C=O) groups is 1. The molecule has 1 unspecified atom stereocenters. The third-order valence-electron chi connectivity index (χ3n) is 2.73. The van der Waals surface area contributed by atoms with Crippen molar-refractivity contribution >= 4 is 17.1 Å². The van der Waals surface area contributed by atoms with Crippen LogP contribution in [0.2, 0.25) is 0 Å². The number of aliphatic carboxylic acids is 1. The third-order valence-corrected chi connectivity index (χ3v) is 2.73. The number of aromatic amines is 1. The monoisotopic (exact) mass is 263 g/mol. The summed E-state index contributed by atoms with van der Waals surface area (Å²) in [6.45, 7) is 4.35. The molecule has 2 N–H and O–H groups in total. The summed E-state index contributed by atoms with van der Waals surface area (Å²) in [6, 6.07) is 3.65. The number of ether oxygens (including phenoxy) is 1. The lowest BCUT2D eigenvalue weighted by Crippen LogP contribution is -2.07. The van der Waals surface area contributed by atoms with Gasteiger partial charge in [0.25, 0.3) is 0 Å². The van der Waals surface area contributed by atoms with Gasteiger partial charge in [0.2, 0.25) is 5.88 Å². The molecule has 2 aromatic rings. The summed E-state index contributed by atoms with van der Waals surface area (Å²) in [5.74, 6) is 0.543. The van der Waals surface area contributed by atoms with Crippen molar-refractivity contribution in [3.05, 3.63) is 18.0 Å². The van der Waals surface area contributed by atoms with Crippen LogP contribution in [0.4, 0.5) is 0 Å². The number of H-pyrrole nitrogens is 1. The average molecular weight is 263 g/mol. The zero-order chi connectivity index (χ0) is 13.8. The highest BCUT2D eigenvalue weighted by atomic mass is 16.5. The number of fused-ring (bicyclic) bond motifs is 1. The Balaban J connectivity index is 2.14. The molecule has 0 amide bonds. The fraction of sp³-hybridized carbons (Fsp3) is 0.462. The molecule has 0 radical (unpaired) electrons. The second-order valence-electron chi connectivity index (χ2n) is 4.54. The Morgan fingerprint density at radius 2 is 2.26 bits per heavy atom. The van der Waals surface area contributed by atoms with E-state index in [9.17, 15) is 4.79 Å². The van der Waals surface area contributed by atoms with Crippen LogP contribution in [-0.2, 0) is 11.2 Å². The Morgan fingerprint density at radius 3 is 2.95 bits per heavy atom. The predicted molar refractivity (Wildman–Crippen MR) is 70.2 cm³/mol. The van der Waals surface area contributed by atoms with Gasteiger partial charge in [-0.1, -0.05) is 6.92 Å². The Morgan fingerprint density at radius 1 is 1.47 bits per heavy atom. The first kappa shape index (κ1) is 13.3. The van der Waals surface area contributed by atoms with Crippen LogP contribution < -0.4 is 4.74 Å². The number of hydrogen-bond donors (Lipinski definition) is 2. The summed E-state index contributed by atoms with van der Waals surface area (Å²) >= 11 is 0. The van der Waals surface area contributed by atoms with Crippen molar-refractivity contribution in [3.8, 4) is 5.88 Å². The van der Waals surface area contributed by atoms with E-state index >= 15 is 0 Å². The zero-order valence-corrected chi connectivity index (χ0v) is 11.0. The van der Waals surface area contributed by atoms with Crippen molar-refractivity contribution in [3.63, 3.8) is 0 Å². The van der Waals surface area contributed by atoms with Gasteiger partial charge in [-0.15, -0.1) is 0 Å². The number of nitrogens with zero attached hydrogens (tertiary/aromatic N) is 2. The van der Waals surface area contributed by atoms with Gasteiger partial charge in [0.1, 0.15) is 5.82 Å². The number of carboxylic acid groups (broad SMARTS) is 1. The molecule has 102 valence electrons. The van der Waals surface area contributed by atoms with Gasteiger partial charge in [-0.25, -0.2) is 4.98 Å². The van der Waals surface area contributed by atoms with Gasteiger partial charge in [0.15, 0.2) is 5.65 Å². The molecule has 0 aromatic carbocycles. The molecule has 19 heavy (non-hydrogen) atoms. The lowest BCUT2D eigenvalue weighted by Gasteiger charge is -2.04. The number of hydrogen-bond acceptors (Lipinski definition) is 4. The first-order valence-electron chi connectivity index (χ1n) is 6.28. The van der Waals surface area contributed by atoms with Crippen LogP contribution in [0.15, 0.2) is 12.1 Å². The molecule has 0 aliphatic heterocycles. The molecule has 0 fully saturated rings. The molecule has 2 rings (SSSR count). The van der Waals surface area contributed by atoms with E-state index in [1.54, 1.807) is 6.07 Å². The van der Waals surface area contributed by atoms with E-state index in [0.29, 0.717) is 24.6 Å². The van der Waals surface area contributed by atoms with E-state index in [2.05, 4.69) is 15.0 Å². The molecule has 0 saturated heterocycles. The Labute approximate surface area is 110 Å². The topological polar surface area (TPSA) is 88.1 Å². The molecular weight excluding hydrogens is 246 g/mol. The van der Waals surface area contributed by atoms with Gasteiger partial charge >= 0.3 is 5.97 Å². The molecule has 0 aliphatic rings. The maximum absolute atomic E-state index is 10.6. The van der Waals surface area contributed by atoms with Crippen LogP contribution in [-0.4, -0.2) is 32.6 Å². The van der Waals surface area contributed by atoms with Crippen LogP contribution in [0.1, 0.15) is 26.1 Å². The van der Waals surface area contributed by atoms with Gasteiger partial charge in [0.05, 0.1) is 12.1 Å². The summed E-state index contributed by atoms with van der Waals surface area (Å²) in [5, 5.41) is 8.74. The standard InChI is InChI=1S/C13H17N3O3/c1-3-19-11-5-4-9-13(16-11)15-10(14-9)6-8(2)7-12(17)18/h4-5,8H,3,6-7H2,1-2H3,(H,17,18)(H,14,15,16). The van der Waals surface area contributed by atoms with E-state index in [1.807, 2.05) is 19.9 Å².